The second-order valence-electron chi connectivity index (χ2n) is 14.0. The molecule has 2 aliphatic rings. The molecule has 0 N–H and O–H groups in total. The first kappa shape index (κ1) is 36.0. The van der Waals surface area contributed by atoms with E-state index in [0.29, 0.717) is 11.5 Å². The average Bonchev–Trinajstić information content (AvgIpc) is 3.55. The molecule has 2 atom stereocenters. The van der Waals surface area contributed by atoms with Crippen molar-refractivity contribution in [3.63, 3.8) is 0 Å². The number of hydrogen-bond acceptors (Lipinski definition) is 1. The van der Waals surface area contributed by atoms with Crippen LogP contribution >= 0.6 is 0 Å². The highest BCUT2D eigenvalue weighted by Gasteiger charge is 2.30. The summed E-state index contributed by atoms with van der Waals surface area (Å²) in [6.45, 7) is 13.0. The van der Waals surface area contributed by atoms with E-state index in [1.54, 1.807) is 0 Å². The number of allylic oxidation sites excluding steroid dienone is 11. The molecule has 0 saturated carbocycles. The summed E-state index contributed by atoms with van der Waals surface area (Å²) in [6, 6.07) is 43.0. The molecule has 5 aromatic carbocycles. The largest absolute Gasteiger partial charge is 0.192 e. The second-order valence-corrected chi connectivity index (χ2v) is 14.0. The van der Waals surface area contributed by atoms with E-state index in [-0.39, 0.29) is 5.92 Å². The van der Waals surface area contributed by atoms with Crippen molar-refractivity contribution in [2.75, 3.05) is 0 Å². The number of nitriles is 1. The van der Waals surface area contributed by atoms with E-state index in [4.69, 9.17) is 0 Å². The predicted molar refractivity (Wildman–Crippen MR) is 229 cm³/mol. The van der Waals surface area contributed by atoms with Gasteiger partial charge in [0.25, 0.3) is 0 Å². The molecule has 5 aromatic rings. The first-order chi connectivity index (χ1) is 26.4. The molecular formula is C53H45N. The van der Waals surface area contributed by atoms with Crippen molar-refractivity contribution in [3.8, 4) is 51.3 Å². The third-order valence-electron chi connectivity index (χ3n) is 10.9. The Labute approximate surface area is 321 Å². The Balaban J connectivity index is 1.19. The molecule has 262 valence electrons. The topological polar surface area (TPSA) is 23.8 Å². The minimum absolute atomic E-state index is 0.0433. The molecular weight excluding hydrogens is 651 g/mol. The Hall–Kier alpha value is -6.41. The smallest absolute Gasteiger partial charge is 0.0991 e. The maximum absolute atomic E-state index is 9.21. The minimum atomic E-state index is 0.0433. The molecule has 0 fully saturated rings. The minimum Gasteiger partial charge on any atom is -0.192 e. The van der Waals surface area contributed by atoms with Gasteiger partial charge in [-0.1, -0.05) is 160 Å². The van der Waals surface area contributed by atoms with E-state index >= 15 is 0 Å². The molecule has 2 unspecified atom stereocenters. The fourth-order valence-corrected chi connectivity index (χ4v) is 7.96. The molecule has 0 amide bonds. The van der Waals surface area contributed by atoms with Gasteiger partial charge in [0.1, 0.15) is 0 Å². The highest BCUT2D eigenvalue weighted by atomic mass is 14.3. The van der Waals surface area contributed by atoms with Crippen LogP contribution in [0.1, 0.15) is 74.3 Å². The van der Waals surface area contributed by atoms with Crippen molar-refractivity contribution >= 4 is 11.1 Å². The fourth-order valence-electron chi connectivity index (χ4n) is 7.96. The van der Waals surface area contributed by atoms with E-state index in [1.165, 1.54) is 61.2 Å². The van der Waals surface area contributed by atoms with Gasteiger partial charge in [0.05, 0.1) is 17.6 Å². The Bertz CT molecular complexity index is 2480. The third kappa shape index (κ3) is 7.15. The van der Waals surface area contributed by atoms with Crippen LogP contribution in [0.5, 0.6) is 0 Å². The molecule has 0 radical (unpaired) electrons. The molecule has 0 saturated heterocycles. The summed E-state index contributed by atoms with van der Waals surface area (Å²) in [7, 11) is 0. The maximum Gasteiger partial charge on any atom is 0.0991 e. The molecule has 1 heteroatoms. The number of benzene rings is 5. The molecule has 2 aliphatic carbocycles. The lowest BCUT2D eigenvalue weighted by Crippen LogP contribution is -2.09. The first-order valence-corrected chi connectivity index (χ1v) is 19.0. The highest BCUT2D eigenvalue weighted by molar-refractivity contribution is 5.93. The van der Waals surface area contributed by atoms with Gasteiger partial charge in [-0.25, -0.2) is 0 Å². The van der Waals surface area contributed by atoms with Gasteiger partial charge >= 0.3 is 0 Å². The van der Waals surface area contributed by atoms with Crippen molar-refractivity contribution in [2.24, 2.45) is 5.92 Å². The van der Waals surface area contributed by atoms with Crippen LogP contribution in [0.15, 0.2) is 175 Å². The summed E-state index contributed by atoms with van der Waals surface area (Å²) in [5, 5.41) is 9.21. The zero-order chi connectivity index (χ0) is 37.6. The second kappa shape index (κ2) is 16.1. The van der Waals surface area contributed by atoms with Crippen molar-refractivity contribution in [2.45, 2.75) is 46.5 Å². The maximum atomic E-state index is 9.21. The lowest BCUT2D eigenvalue weighted by atomic mass is 9.81. The van der Waals surface area contributed by atoms with E-state index in [2.05, 4.69) is 155 Å². The molecule has 0 aromatic heterocycles. The lowest BCUT2D eigenvalue weighted by Gasteiger charge is -2.22. The normalized spacial score (nSPS) is 16.9. The molecule has 0 aliphatic heterocycles. The summed E-state index contributed by atoms with van der Waals surface area (Å²) in [5.74, 6) is 7.15. The number of fused-ring (bicyclic) bond motifs is 3. The van der Waals surface area contributed by atoms with Gasteiger partial charge in [0.15, 0.2) is 0 Å². The molecule has 0 heterocycles. The third-order valence-corrected chi connectivity index (χ3v) is 10.9. The molecule has 0 spiro atoms. The SMILES string of the molecule is C=C(/C=C\C1=C(CC)C(C#CC)/C(=C\C=C(/C)c2ccc3c(c2)-c2c(-c4ccc(-c5ccc(C#N)cc5)cc4)cccc2C3CC)C=C1)c1ccccc1. The average molecular weight is 696 g/mol. The van der Waals surface area contributed by atoms with Crippen LogP contribution in [0.3, 0.4) is 0 Å². The van der Waals surface area contributed by atoms with Crippen molar-refractivity contribution < 1.29 is 0 Å². The summed E-state index contributed by atoms with van der Waals surface area (Å²) in [6.07, 6.45) is 15.3. The standard InChI is InChI=1S/C53H45N/c1-6-13-48-43(31-30-42(46(48)7-2)22-18-36(4)39-14-10-9-11-15-39)23-19-37(5)45-32-33-50-47(8-3)51-17-12-16-49(53(51)52(50)34-45)44-28-26-41(27-29-44)40-24-20-38(35-54)21-25-40/h9-12,14-34,47-48H,4,7-8H2,1-3,5H3/b22-18-,37-19+,43-23-. The van der Waals surface area contributed by atoms with Crippen molar-refractivity contribution in [1.82, 2.24) is 0 Å². The summed E-state index contributed by atoms with van der Waals surface area (Å²) in [4.78, 5) is 0. The van der Waals surface area contributed by atoms with Crippen LogP contribution < -0.4 is 0 Å². The number of rotatable bonds is 9. The molecule has 54 heavy (non-hydrogen) atoms. The Kier molecular flexibility index (Phi) is 10.7. The molecule has 0 bridgehead atoms. The van der Waals surface area contributed by atoms with Crippen LogP contribution in [-0.2, 0) is 0 Å². The monoisotopic (exact) mass is 695 g/mol. The summed E-state index contributed by atoms with van der Waals surface area (Å²) in [5.41, 5.74) is 19.2. The fraction of sp³-hybridized carbons (Fsp3) is 0.151. The zero-order valence-electron chi connectivity index (χ0n) is 31.7. The van der Waals surface area contributed by atoms with Crippen molar-refractivity contribution in [3.05, 3.63) is 203 Å². The van der Waals surface area contributed by atoms with E-state index < -0.39 is 0 Å². The Morgan fingerprint density at radius 1 is 0.759 bits per heavy atom. The van der Waals surface area contributed by atoms with E-state index in [9.17, 15) is 5.26 Å². The summed E-state index contributed by atoms with van der Waals surface area (Å²) >= 11 is 0. The van der Waals surface area contributed by atoms with Gasteiger partial charge in [0.2, 0.25) is 0 Å². The Morgan fingerprint density at radius 2 is 1.48 bits per heavy atom. The first-order valence-electron chi connectivity index (χ1n) is 19.0. The lowest BCUT2D eigenvalue weighted by molar-refractivity contribution is 0.797. The quantitative estimate of drug-likeness (QED) is 0.111. The highest BCUT2D eigenvalue weighted by Crippen LogP contribution is 2.51. The van der Waals surface area contributed by atoms with Gasteiger partial charge in [-0.15, -0.1) is 5.92 Å². The van der Waals surface area contributed by atoms with Crippen LogP contribution in [0.25, 0.3) is 44.5 Å². The van der Waals surface area contributed by atoms with E-state index in [0.717, 1.165) is 35.1 Å². The van der Waals surface area contributed by atoms with Crippen LogP contribution in [0, 0.1) is 29.1 Å². The van der Waals surface area contributed by atoms with Crippen LogP contribution in [0.4, 0.5) is 0 Å². The zero-order valence-corrected chi connectivity index (χ0v) is 31.7. The number of nitrogens with zero attached hydrogens (tertiary/aromatic N) is 1. The predicted octanol–water partition coefficient (Wildman–Crippen LogP) is 13.9. The summed E-state index contributed by atoms with van der Waals surface area (Å²) < 4.78 is 0. The van der Waals surface area contributed by atoms with Crippen LogP contribution in [-0.4, -0.2) is 0 Å². The van der Waals surface area contributed by atoms with Gasteiger partial charge in [0, 0.05) is 5.92 Å². The molecule has 1 nitrogen and oxygen atoms in total. The number of hydrogen-bond donors (Lipinski definition) is 0. The van der Waals surface area contributed by atoms with Gasteiger partial charge in [-0.05, 0) is 128 Å². The van der Waals surface area contributed by atoms with Gasteiger partial charge in [-0.3, -0.25) is 0 Å². The van der Waals surface area contributed by atoms with Gasteiger partial charge in [-0.2, -0.15) is 5.26 Å². The van der Waals surface area contributed by atoms with Crippen LogP contribution in [0.2, 0.25) is 0 Å². The Morgan fingerprint density at radius 3 is 2.17 bits per heavy atom. The van der Waals surface area contributed by atoms with Crippen molar-refractivity contribution in [1.29, 1.82) is 5.26 Å². The van der Waals surface area contributed by atoms with Gasteiger partial charge < -0.3 is 0 Å². The van der Waals surface area contributed by atoms with E-state index in [1.807, 2.05) is 49.4 Å². The molecule has 7 rings (SSSR count).